The molecular weight excluding hydrogens is 145 g/mol. The molecule has 0 N–H and O–H groups in total. The first-order valence-corrected chi connectivity index (χ1v) is 2.59. The van der Waals surface area contributed by atoms with E-state index < -0.39 is 12.2 Å². The summed E-state index contributed by atoms with van der Waals surface area (Å²) in [5.41, 5.74) is 0. The van der Waals surface area contributed by atoms with Crippen LogP contribution in [0.5, 0.6) is 0 Å². The second-order valence-corrected chi connectivity index (χ2v) is 1.98. The van der Waals surface area contributed by atoms with Crippen LogP contribution in [0, 0.1) is 6.54 Å². The van der Waals surface area contributed by atoms with Crippen molar-refractivity contribution in [3.05, 3.63) is 6.54 Å². The molecule has 0 amide bonds. The summed E-state index contributed by atoms with van der Waals surface area (Å²) in [7, 11) is 1.31. The first-order chi connectivity index (χ1) is 4.52. The van der Waals surface area contributed by atoms with Crippen LogP contribution in [0.4, 0.5) is 13.2 Å². The summed E-state index contributed by atoms with van der Waals surface area (Å²) < 4.78 is 35.5. The quantitative estimate of drug-likeness (QED) is 0.501. The molecule has 0 aromatic heterocycles. The van der Waals surface area contributed by atoms with Crippen molar-refractivity contribution in [3.63, 3.8) is 0 Å². The largest absolute Gasteiger partial charge is 0.411 e. The minimum atomic E-state index is -4.26. The molecule has 1 aliphatic heterocycles. The van der Waals surface area contributed by atoms with E-state index in [1.807, 2.05) is 6.54 Å². The highest BCUT2D eigenvalue weighted by atomic mass is 19.4. The van der Waals surface area contributed by atoms with Gasteiger partial charge in [0.05, 0.1) is 6.34 Å². The number of likely N-dealkylation sites (N-methyl/N-ethyl adjacent to an activating group) is 1. The molecule has 56 valence electrons. The van der Waals surface area contributed by atoms with Crippen molar-refractivity contribution < 1.29 is 13.2 Å². The van der Waals surface area contributed by atoms with E-state index in [4.69, 9.17) is 0 Å². The number of halogens is 3. The topological polar surface area (TPSA) is 15.6 Å². The average Bonchev–Trinajstić information content (AvgIpc) is 2.11. The van der Waals surface area contributed by atoms with E-state index >= 15 is 0 Å². The van der Waals surface area contributed by atoms with E-state index in [2.05, 4.69) is 4.99 Å². The maximum atomic E-state index is 11.8. The molecule has 0 spiro atoms. The van der Waals surface area contributed by atoms with Gasteiger partial charge in [-0.05, 0) is 0 Å². The predicted molar refractivity (Wildman–Crippen MR) is 29.3 cm³/mol. The van der Waals surface area contributed by atoms with Gasteiger partial charge >= 0.3 is 6.18 Å². The molecule has 1 aliphatic rings. The van der Waals surface area contributed by atoms with Gasteiger partial charge in [0.2, 0.25) is 0 Å². The molecule has 1 heterocycles. The highest BCUT2D eigenvalue weighted by Gasteiger charge is 2.44. The van der Waals surface area contributed by atoms with Crippen molar-refractivity contribution in [3.8, 4) is 0 Å². The van der Waals surface area contributed by atoms with Gasteiger partial charge in [0.15, 0.2) is 12.6 Å². The van der Waals surface area contributed by atoms with Gasteiger partial charge in [0, 0.05) is 7.05 Å². The molecule has 0 fully saturated rings. The van der Waals surface area contributed by atoms with E-state index in [-0.39, 0.29) is 0 Å². The molecule has 0 aliphatic carbocycles. The summed E-state index contributed by atoms with van der Waals surface area (Å²) in [6.07, 6.45) is -3.16. The Balaban J connectivity index is 2.60. The molecule has 0 saturated carbocycles. The van der Waals surface area contributed by atoms with Crippen molar-refractivity contribution in [2.24, 2.45) is 4.99 Å². The summed E-state index contributed by atoms with van der Waals surface area (Å²) in [5, 5.41) is 0. The van der Waals surface area contributed by atoms with Gasteiger partial charge in [-0.15, -0.1) is 0 Å². The van der Waals surface area contributed by atoms with Gasteiger partial charge in [-0.1, -0.05) is 0 Å². The molecule has 0 bridgehead atoms. The summed E-state index contributed by atoms with van der Waals surface area (Å²) in [6.45, 7) is 1.92. The average molecular weight is 150 g/mol. The first-order valence-electron chi connectivity index (χ1n) is 2.59. The Morgan fingerprint density at radius 2 is 2.20 bits per heavy atom. The van der Waals surface area contributed by atoms with Crippen molar-refractivity contribution in [2.45, 2.75) is 12.2 Å². The lowest BCUT2D eigenvalue weighted by Crippen LogP contribution is -2.39. The second-order valence-electron chi connectivity index (χ2n) is 1.98. The zero-order valence-corrected chi connectivity index (χ0v) is 5.18. The van der Waals surface area contributed by atoms with E-state index in [1.165, 1.54) is 7.05 Å². The highest BCUT2D eigenvalue weighted by molar-refractivity contribution is 5.59. The minimum Gasteiger partial charge on any atom is -0.352 e. The Hall–Kier alpha value is -0.740. The van der Waals surface area contributed by atoms with Crippen LogP contribution in [0.25, 0.3) is 0 Å². The molecular formula is C5H5F3N2. The molecule has 5 heteroatoms. The lowest BCUT2D eigenvalue weighted by molar-refractivity contribution is -0.159. The maximum Gasteiger partial charge on any atom is 0.411 e. The number of rotatable bonds is 0. The monoisotopic (exact) mass is 150 g/mol. The lowest BCUT2D eigenvalue weighted by atomic mass is 10.3. The number of hydrogen-bond donors (Lipinski definition) is 0. The minimum absolute atomic E-state index is 0.958. The first kappa shape index (κ1) is 7.37. The third-order valence-corrected chi connectivity index (χ3v) is 1.15. The number of aliphatic imine (C=N–C) groups is 1. The Labute approximate surface area is 56.3 Å². The summed E-state index contributed by atoms with van der Waals surface area (Å²) in [6, 6.07) is -1.66. The molecule has 0 saturated heterocycles. The van der Waals surface area contributed by atoms with Crippen molar-refractivity contribution in [1.29, 1.82) is 0 Å². The Kier molecular flexibility index (Phi) is 1.58. The summed E-state index contributed by atoms with van der Waals surface area (Å²) in [5.74, 6) is 0. The molecule has 10 heavy (non-hydrogen) atoms. The van der Waals surface area contributed by atoms with E-state index in [9.17, 15) is 13.2 Å². The third kappa shape index (κ3) is 1.22. The third-order valence-electron chi connectivity index (χ3n) is 1.15. The predicted octanol–water partition coefficient (Wildman–Crippen LogP) is 0.930. The molecule has 2 radical (unpaired) electrons. The molecule has 1 atom stereocenters. The van der Waals surface area contributed by atoms with Crippen LogP contribution in [-0.2, 0) is 0 Å². The summed E-state index contributed by atoms with van der Waals surface area (Å²) in [4.78, 5) is 4.20. The fraction of sp³-hybridized carbons (Fsp3) is 0.600. The standard InChI is InChI=1S/C5H5F3N2/c1-10-3-9-2-4(10)5(6,7)8/h3-4H,1H3. The highest BCUT2D eigenvalue weighted by Crippen LogP contribution is 2.27. The van der Waals surface area contributed by atoms with Gasteiger partial charge in [-0.3, -0.25) is 4.99 Å². The van der Waals surface area contributed by atoms with Gasteiger partial charge < -0.3 is 4.90 Å². The van der Waals surface area contributed by atoms with E-state index in [1.54, 1.807) is 0 Å². The fourth-order valence-electron chi connectivity index (χ4n) is 0.657. The van der Waals surface area contributed by atoms with Crippen LogP contribution in [-0.4, -0.2) is 30.5 Å². The smallest absolute Gasteiger partial charge is 0.352 e. The normalized spacial score (nSPS) is 26.0. The van der Waals surface area contributed by atoms with Crippen LogP contribution in [0.15, 0.2) is 4.99 Å². The van der Waals surface area contributed by atoms with Crippen molar-refractivity contribution in [2.75, 3.05) is 7.05 Å². The van der Waals surface area contributed by atoms with Crippen LogP contribution in [0.3, 0.4) is 0 Å². The van der Waals surface area contributed by atoms with Crippen LogP contribution in [0.2, 0.25) is 0 Å². The van der Waals surface area contributed by atoms with Crippen LogP contribution in [0.1, 0.15) is 0 Å². The lowest BCUT2D eigenvalue weighted by Gasteiger charge is -2.20. The molecule has 0 aromatic rings. The SMILES string of the molecule is CN1C=N[C]C1C(F)(F)F. The maximum absolute atomic E-state index is 11.8. The molecule has 1 rings (SSSR count). The molecule has 2 nitrogen and oxygen atoms in total. The Bertz CT molecular complexity index is 151. The zero-order valence-electron chi connectivity index (χ0n) is 5.18. The Morgan fingerprint density at radius 3 is 2.40 bits per heavy atom. The number of alkyl halides is 3. The zero-order chi connectivity index (χ0) is 7.78. The fourth-order valence-corrected chi connectivity index (χ4v) is 0.657. The molecule has 1 unspecified atom stereocenters. The van der Waals surface area contributed by atoms with E-state index in [0.29, 0.717) is 0 Å². The summed E-state index contributed by atoms with van der Waals surface area (Å²) >= 11 is 0. The van der Waals surface area contributed by atoms with Gasteiger partial charge in [-0.25, -0.2) is 0 Å². The van der Waals surface area contributed by atoms with Gasteiger partial charge in [0.1, 0.15) is 0 Å². The van der Waals surface area contributed by atoms with E-state index in [0.717, 1.165) is 11.2 Å². The van der Waals surface area contributed by atoms with Gasteiger partial charge in [0.25, 0.3) is 0 Å². The van der Waals surface area contributed by atoms with Crippen molar-refractivity contribution in [1.82, 2.24) is 4.90 Å². The Morgan fingerprint density at radius 1 is 1.60 bits per heavy atom. The van der Waals surface area contributed by atoms with Crippen LogP contribution >= 0.6 is 0 Å². The second kappa shape index (κ2) is 2.14. The van der Waals surface area contributed by atoms with Gasteiger partial charge in [-0.2, -0.15) is 13.2 Å². The van der Waals surface area contributed by atoms with Crippen molar-refractivity contribution >= 4 is 6.34 Å². The number of nitrogens with zero attached hydrogens (tertiary/aromatic N) is 2. The number of hydrogen-bond acceptors (Lipinski definition) is 2. The molecule has 0 aromatic carbocycles. The van der Waals surface area contributed by atoms with Crippen LogP contribution < -0.4 is 0 Å².